The number of aliphatic hydroxyl groups is 1. The van der Waals surface area contributed by atoms with E-state index < -0.39 is 6.10 Å². The summed E-state index contributed by atoms with van der Waals surface area (Å²) in [6.07, 6.45) is 1.43. The first kappa shape index (κ1) is 18.9. The highest BCUT2D eigenvalue weighted by Gasteiger charge is 2.43. The van der Waals surface area contributed by atoms with Crippen molar-refractivity contribution in [2.24, 2.45) is 0 Å². The first-order valence-electron chi connectivity index (χ1n) is 9.50. The lowest BCUT2D eigenvalue weighted by Crippen LogP contribution is -2.43. The lowest BCUT2D eigenvalue weighted by Gasteiger charge is -2.36. The van der Waals surface area contributed by atoms with Gasteiger partial charge in [0.2, 0.25) is 0 Å². The summed E-state index contributed by atoms with van der Waals surface area (Å²) in [6, 6.07) is 14.8. The van der Waals surface area contributed by atoms with Crippen LogP contribution in [-0.4, -0.2) is 31.3 Å². The molecule has 26 heavy (non-hydrogen) atoms. The average molecular weight is 356 g/mol. The maximum absolute atomic E-state index is 13.9. The van der Waals surface area contributed by atoms with Crippen molar-refractivity contribution >= 4 is 5.69 Å². The third kappa shape index (κ3) is 3.24. The molecule has 2 aromatic carbocycles. The minimum atomic E-state index is -0.639. The highest BCUT2D eigenvalue weighted by Crippen LogP contribution is 2.48. The lowest BCUT2D eigenvalue weighted by molar-refractivity contribution is 0.139. The molecule has 0 saturated carbocycles. The van der Waals surface area contributed by atoms with Gasteiger partial charge in [0.15, 0.2) is 0 Å². The Balaban J connectivity index is 2.10. The van der Waals surface area contributed by atoms with E-state index in [4.69, 9.17) is 0 Å². The lowest BCUT2D eigenvalue weighted by atomic mass is 9.77. The van der Waals surface area contributed by atoms with Crippen LogP contribution < -0.4 is 10.2 Å². The standard InChI is InChI=1S/C22H29FN2O/c1-4-22(5-2)15-25(19-12-7-6-11-18(19)22)21(20(26)14-24-3)16-9-8-10-17(23)13-16/h6-13,20-21,24,26H,4-5,14-15H2,1-3H3/t20-,21+/m1/s1. The van der Waals surface area contributed by atoms with Crippen LogP contribution in [0.2, 0.25) is 0 Å². The third-order valence-corrected chi connectivity index (χ3v) is 5.92. The van der Waals surface area contributed by atoms with E-state index in [0.29, 0.717) is 6.54 Å². The molecule has 140 valence electrons. The number of nitrogens with one attached hydrogen (secondary N) is 1. The number of nitrogens with zero attached hydrogens (tertiary/aromatic N) is 1. The predicted molar refractivity (Wildman–Crippen MR) is 105 cm³/mol. The zero-order chi connectivity index (χ0) is 18.7. The van der Waals surface area contributed by atoms with Crippen LogP contribution in [0, 0.1) is 5.82 Å². The molecule has 0 amide bonds. The number of fused-ring (bicyclic) bond motifs is 1. The second-order valence-electron chi connectivity index (χ2n) is 7.26. The van der Waals surface area contributed by atoms with Crippen LogP contribution in [0.1, 0.15) is 43.9 Å². The van der Waals surface area contributed by atoms with E-state index in [9.17, 15) is 9.50 Å². The molecular formula is C22H29FN2O. The molecule has 2 N–H and O–H groups in total. The second-order valence-corrected chi connectivity index (χ2v) is 7.26. The normalized spacial score (nSPS) is 17.8. The predicted octanol–water partition coefficient (Wildman–Crippen LogP) is 4.03. The number of halogens is 1. The largest absolute Gasteiger partial charge is 0.389 e. The van der Waals surface area contributed by atoms with E-state index in [1.807, 2.05) is 19.2 Å². The van der Waals surface area contributed by atoms with Crippen LogP contribution in [0.15, 0.2) is 48.5 Å². The highest BCUT2D eigenvalue weighted by atomic mass is 19.1. The van der Waals surface area contributed by atoms with Crippen molar-refractivity contribution in [2.75, 3.05) is 25.0 Å². The van der Waals surface area contributed by atoms with Crippen molar-refractivity contribution in [3.8, 4) is 0 Å². The molecule has 1 heterocycles. The van der Waals surface area contributed by atoms with Crippen molar-refractivity contribution in [3.63, 3.8) is 0 Å². The SMILES string of the molecule is CCC1(CC)CN([C@@H](c2cccc(F)c2)[C@H](O)CNC)c2ccccc21. The number of anilines is 1. The summed E-state index contributed by atoms with van der Waals surface area (Å²) >= 11 is 0. The van der Waals surface area contributed by atoms with E-state index in [1.54, 1.807) is 12.1 Å². The topological polar surface area (TPSA) is 35.5 Å². The Labute approximate surface area is 155 Å². The van der Waals surface area contributed by atoms with Crippen molar-refractivity contribution in [2.45, 2.75) is 44.2 Å². The van der Waals surface area contributed by atoms with E-state index in [1.165, 1.54) is 11.6 Å². The van der Waals surface area contributed by atoms with Gasteiger partial charge in [-0.05, 0) is 49.2 Å². The Morgan fingerprint density at radius 2 is 1.88 bits per heavy atom. The number of likely N-dealkylation sites (N-methyl/N-ethyl adjacent to an activating group) is 1. The van der Waals surface area contributed by atoms with Gasteiger partial charge in [0.05, 0.1) is 12.1 Å². The molecule has 0 radical (unpaired) electrons. The fourth-order valence-electron chi connectivity index (χ4n) is 4.39. The van der Waals surface area contributed by atoms with E-state index >= 15 is 0 Å². The van der Waals surface area contributed by atoms with Crippen molar-refractivity contribution < 1.29 is 9.50 Å². The number of aliphatic hydroxyl groups excluding tert-OH is 1. The van der Waals surface area contributed by atoms with E-state index in [-0.39, 0.29) is 17.3 Å². The van der Waals surface area contributed by atoms with E-state index in [0.717, 1.165) is 30.6 Å². The van der Waals surface area contributed by atoms with Crippen LogP contribution in [0.4, 0.5) is 10.1 Å². The van der Waals surface area contributed by atoms with Gasteiger partial charge < -0.3 is 15.3 Å². The monoisotopic (exact) mass is 356 g/mol. The molecule has 0 spiro atoms. The average Bonchev–Trinajstić information content (AvgIpc) is 2.97. The zero-order valence-electron chi connectivity index (χ0n) is 15.9. The molecule has 1 aliphatic rings. The van der Waals surface area contributed by atoms with Gasteiger partial charge in [-0.15, -0.1) is 0 Å². The molecule has 3 nitrogen and oxygen atoms in total. The van der Waals surface area contributed by atoms with Gasteiger partial charge in [0.1, 0.15) is 5.82 Å². The third-order valence-electron chi connectivity index (χ3n) is 5.92. The fraction of sp³-hybridized carbons (Fsp3) is 0.455. The summed E-state index contributed by atoms with van der Waals surface area (Å²) in [7, 11) is 1.83. The molecule has 1 aliphatic heterocycles. The minimum absolute atomic E-state index is 0.0710. The Kier molecular flexibility index (Phi) is 5.64. The number of benzene rings is 2. The van der Waals surface area contributed by atoms with Gasteiger partial charge in [0.25, 0.3) is 0 Å². The van der Waals surface area contributed by atoms with Crippen molar-refractivity contribution in [1.29, 1.82) is 0 Å². The summed E-state index contributed by atoms with van der Waals surface area (Å²) in [6.45, 7) is 5.74. The highest BCUT2D eigenvalue weighted by molar-refractivity contribution is 5.64. The summed E-state index contributed by atoms with van der Waals surface area (Å²) in [4.78, 5) is 2.28. The molecule has 4 heteroatoms. The first-order valence-corrected chi connectivity index (χ1v) is 9.50. The van der Waals surface area contributed by atoms with Crippen LogP contribution in [-0.2, 0) is 5.41 Å². The molecule has 0 bridgehead atoms. The molecule has 0 aromatic heterocycles. The van der Waals surface area contributed by atoms with Gasteiger partial charge >= 0.3 is 0 Å². The van der Waals surface area contributed by atoms with Crippen LogP contribution in [0.3, 0.4) is 0 Å². The zero-order valence-corrected chi connectivity index (χ0v) is 15.9. The number of para-hydroxylation sites is 1. The Morgan fingerprint density at radius 3 is 2.54 bits per heavy atom. The molecule has 3 rings (SSSR count). The van der Waals surface area contributed by atoms with Crippen LogP contribution in [0.25, 0.3) is 0 Å². The molecule has 0 saturated heterocycles. The second kappa shape index (κ2) is 7.77. The molecular weight excluding hydrogens is 327 g/mol. The van der Waals surface area contributed by atoms with Gasteiger partial charge in [0, 0.05) is 24.2 Å². The maximum atomic E-state index is 13.9. The summed E-state index contributed by atoms with van der Waals surface area (Å²) in [5.74, 6) is -0.270. The van der Waals surface area contributed by atoms with Crippen molar-refractivity contribution in [1.82, 2.24) is 5.32 Å². The van der Waals surface area contributed by atoms with E-state index in [2.05, 4.69) is 42.3 Å². The number of hydrogen-bond donors (Lipinski definition) is 2. The summed E-state index contributed by atoms with van der Waals surface area (Å²) in [5, 5.41) is 14.0. The Morgan fingerprint density at radius 1 is 1.15 bits per heavy atom. The smallest absolute Gasteiger partial charge is 0.123 e. The molecule has 0 fully saturated rings. The maximum Gasteiger partial charge on any atom is 0.123 e. The quantitative estimate of drug-likeness (QED) is 0.786. The van der Waals surface area contributed by atoms with Gasteiger partial charge in [-0.3, -0.25) is 0 Å². The molecule has 2 aromatic rings. The molecule has 2 atom stereocenters. The Bertz CT molecular complexity index is 744. The number of hydrogen-bond acceptors (Lipinski definition) is 3. The molecule has 0 unspecified atom stereocenters. The van der Waals surface area contributed by atoms with Crippen LogP contribution in [0.5, 0.6) is 0 Å². The summed E-state index contributed by atoms with van der Waals surface area (Å²) < 4.78 is 13.9. The van der Waals surface area contributed by atoms with Crippen molar-refractivity contribution in [3.05, 3.63) is 65.5 Å². The minimum Gasteiger partial charge on any atom is -0.389 e. The van der Waals surface area contributed by atoms with Gasteiger partial charge in [-0.25, -0.2) is 4.39 Å². The first-order chi connectivity index (χ1) is 12.6. The van der Waals surface area contributed by atoms with Gasteiger partial charge in [-0.1, -0.05) is 44.2 Å². The molecule has 0 aliphatic carbocycles. The fourth-order valence-corrected chi connectivity index (χ4v) is 4.39. The Hall–Kier alpha value is -1.91. The summed E-state index contributed by atoms with van der Waals surface area (Å²) in [5.41, 5.74) is 3.37. The van der Waals surface area contributed by atoms with Gasteiger partial charge in [-0.2, -0.15) is 0 Å². The number of rotatable bonds is 7. The van der Waals surface area contributed by atoms with Crippen LogP contribution >= 0.6 is 0 Å².